The van der Waals surface area contributed by atoms with Gasteiger partial charge in [-0.1, -0.05) is 84.9 Å². The number of nitro benzene ring substituents is 2. The second kappa shape index (κ2) is 24.6. The fourth-order valence-corrected chi connectivity index (χ4v) is 10.2. The number of piperidine rings is 2. The first-order chi connectivity index (χ1) is 35.6. The average molecular weight is 1010 g/mol. The molecule has 0 saturated carbocycles. The maximum atomic E-state index is 13.7. The maximum absolute atomic E-state index is 13.7. The van der Waals surface area contributed by atoms with Gasteiger partial charge in [-0.3, -0.25) is 30.0 Å². The highest BCUT2D eigenvalue weighted by Gasteiger charge is 2.41. The molecular formula is C56H62N6O12. The van der Waals surface area contributed by atoms with Crippen LogP contribution in [-0.2, 0) is 51.2 Å². The molecule has 74 heavy (non-hydrogen) atoms. The summed E-state index contributed by atoms with van der Waals surface area (Å²) in [5.41, 5.74) is 6.02. The van der Waals surface area contributed by atoms with E-state index in [4.69, 9.17) is 18.9 Å². The third-order valence-corrected chi connectivity index (χ3v) is 13.6. The van der Waals surface area contributed by atoms with E-state index in [-0.39, 0.29) is 45.9 Å². The van der Waals surface area contributed by atoms with Gasteiger partial charge < -0.3 is 29.6 Å². The Bertz CT molecular complexity index is 2700. The van der Waals surface area contributed by atoms with Crippen molar-refractivity contribution in [2.45, 2.75) is 90.5 Å². The molecule has 0 aromatic heterocycles. The summed E-state index contributed by atoms with van der Waals surface area (Å²) in [5, 5.41) is 29.1. The molecule has 4 aromatic rings. The third-order valence-electron chi connectivity index (χ3n) is 13.6. The number of carbonyl (C=O) groups excluding carboxylic acids is 4. The van der Waals surface area contributed by atoms with Crippen LogP contribution in [0, 0.1) is 20.2 Å². The van der Waals surface area contributed by atoms with Crippen LogP contribution in [0.15, 0.2) is 154 Å². The molecule has 4 aromatic carbocycles. The first-order valence-corrected chi connectivity index (χ1v) is 24.5. The second-order valence-corrected chi connectivity index (χ2v) is 18.7. The number of benzene rings is 4. The van der Waals surface area contributed by atoms with Crippen LogP contribution in [0.4, 0.5) is 11.4 Å². The summed E-state index contributed by atoms with van der Waals surface area (Å²) in [6.45, 7) is 11.5. The van der Waals surface area contributed by atoms with E-state index >= 15 is 0 Å². The highest BCUT2D eigenvalue weighted by molar-refractivity contribution is 6.01. The van der Waals surface area contributed by atoms with Crippen molar-refractivity contribution < 1.29 is 48.0 Å². The molecule has 4 aliphatic rings. The maximum Gasteiger partial charge on any atom is 0.337 e. The minimum Gasteiger partial charge on any atom is -0.466 e. The van der Waals surface area contributed by atoms with Gasteiger partial charge in [0.05, 0.1) is 58.2 Å². The van der Waals surface area contributed by atoms with Crippen molar-refractivity contribution in [3.63, 3.8) is 0 Å². The fraction of sp³-hybridized carbons (Fsp3) is 0.357. The Hall–Kier alpha value is -7.96. The number of ether oxygens (including phenoxy) is 4. The number of hydrogen-bond acceptors (Lipinski definition) is 16. The Labute approximate surface area is 430 Å². The minimum absolute atomic E-state index is 0.132. The Morgan fingerprint density at radius 3 is 1.22 bits per heavy atom. The van der Waals surface area contributed by atoms with E-state index in [1.54, 1.807) is 52.0 Å². The SMILES string of the molecule is COC(=O)C1=C(C)NC(C)=C(C(=O)OC2CCCN(Cc3ccccc3)C2)C1c1cccc([N+](=O)[O-])c1.COC(=O)C1=C(C)NC(C)=C(C(=O)OC2CCCN(Cc3ccccc3)C2)C1c1cccc([N+](=O)[O-])c1. The number of carbonyl (C=O) groups is 4. The van der Waals surface area contributed by atoms with E-state index in [0.717, 1.165) is 51.9 Å². The molecule has 0 spiro atoms. The van der Waals surface area contributed by atoms with Gasteiger partial charge in [-0.2, -0.15) is 0 Å². The van der Waals surface area contributed by atoms with Crippen LogP contribution in [0.1, 0.15) is 87.5 Å². The van der Waals surface area contributed by atoms with E-state index in [0.29, 0.717) is 47.0 Å². The zero-order valence-electron chi connectivity index (χ0n) is 42.5. The summed E-state index contributed by atoms with van der Waals surface area (Å²) in [4.78, 5) is 79.4. The monoisotopic (exact) mass is 1010 g/mol. The van der Waals surface area contributed by atoms with Crippen LogP contribution in [0.3, 0.4) is 0 Å². The van der Waals surface area contributed by atoms with Crippen molar-refractivity contribution >= 4 is 35.3 Å². The Morgan fingerprint density at radius 2 is 0.878 bits per heavy atom. The van der Waals surface area contributed by atoms with Crippen molar-refractivity contribution in [2.75, 3.05) is 40.4 Å². The highest BCUT2D eigenvalue weighted by Crippen LogP contribution is 2.42. The van der Waals surface area contributed by atoms with Crippen molar-refractivity contribution in [3.05, 3.63) is 197 Å². The molecule has 8 rings (SSSR count). The van der Waals surface area contributed by atoms with Gasteiger partial charge in [0.2, 0.25) is 0 Å². The van der Waals surface area contributed by atoms with E-state index in [2.05, 4.69) is 44.7 Å². The lowest BCUT2D eigenvalue weighted by Crippen LogP contribution is -2.41. The van der Waals surface area contributed by atoms with Crippen molar-refractivity contribution in [3.8, 4) is 0 Å². The van der Waals surface area contributed by atoms with Crippen molar-refractivity contribution in [1.82, 2.24) is 20.4 Å². The number of nitro groups is 2. The van der Waals surface area contributed by atoms with Crippen molar-refractivity contribution in [1.29, 1.82) is 0 Å². The van der Waals surface area contributed by atoms with Gasteiger partial charge in [0.15, 0.2) is 0 Å². The van der Waals surface area contributed by atoms with Crippen LogP contribution in [0.25, 0.3) is 0 Å². The van der Waals surface area contributed by atoms with Gasteiger partial charge in [-0.15, -0.1) is 0 Å². The molecule has 18 heteroatoms. The largest absolute Gasteiger partial charge is 0.466 e. The van der Waals surface area contributed by atoms with E-state index in [9.17, 15) is 39.4 Å². The fourth-order valence-electron chi connectivity index (χ4n) is 10.2. The van der Waals surface area contributed by atoms with Gasteiger partial charge in [0.1, 0.15) is 12.2 Å². The molecule has 4 unspecified atom stereocenters. The van der Waals surface area contributed by atoms with Crippen LogP contribution in [-0.4, -0.2) is 96.1 Å². The van der Waals surface area contributed by atoms with Crippen LogP contribution >= 0.6 is 0 Å². The number of allylic oxidation sites excluding steroid dienone is 4. The number of nitrogens with zero attached hydrogens (tertiary/aromatic N) is 4. The number of hydrogen-bond donors (Lipinski definition) is 2. The summed E-state index contributed by atoms with van der Waals surface area (Å²) < 4.78 is 22.1. The second-order valence-electron chi connectivity index (χ2n) is 18.7. The molecule has 18 nitrogen and oxygen atoms in total. The normalized spacial score (nSPS) is 20.3. The predicted octanol–water partition coefficient (Wildman–Crippen LogP) is 8.42. The van der Waals surface area contributed by atoms with Crippen LogP contribution in [0.5, 0.6) is 0 Å². The van der Waals surface area contributed by atoms with E-state index < -0.39 is 45.6 Å². The van der Waals surface area contributed by atoms with Gasteiger partial charge in [-0.25, -0.2) is 19.2 Å². The van der Waals surface area contributed by atoms with Crippen LogP contribution in [0.2, 0.25) is 0 Å². The minimum atomic E-state index is -0.870. The number of non-ortho nitro benzene ring substituents is 2. The van der Waals surface area contributed by atoms with Gasteiger partial charge in [0, 0.05) is 73.2 Å². The Morgan fingerprint density at radius 1 is 0.527 bits per heavy atom. The van der Waals surface area contributed by atoms with Crippen molar-refractivity contribution in [2.24, 2.45) is 0 Å². The Balaban J connectivity index is 0.000000216. The zero-order valence-corrected chi connectivity index (χ0v) is 42.5. The Kier molecular flexibility index (Phi) is 17.9. The quantitative estimate of drug-likeness (QED) is 0.0524. The molecule has 0 radical (unpaired) electrons. The lowest BCUT2D eigenvalue weighted by Gasteiger charge is -2.34. The first kappa shape index (κ1) is 53.8. The zero-order chi connectivity index (χ0) is 53.1. The number of esters is 4. The van der Waals surface area contributed by atoms with Gasteiger partial charge >= 0.3 is 23.9 Å². The highest BCUT2D eigenvalue weighted by atomic mass is 16.6. The molecule has 2 N–H and O–H groups in total. The number of nitrogens with one attached hydrogen (secondary N) is 2. The van der Waals surface area contributed by atoms with Crippen LogP contribution < -0.4 is 10.6 Å². The number of rotatable bonds is 14. The molecule has 0 amide bonds. The lowest BCUT2D eigenvalue weighted by atomic mass is 9.80. The topological polar surface area (TPSA) is 222 Å². The number of dihydropyridines is 2. The molecule has 4 aliphatic heterocycles. The standard InChI is InChI=1S/2C28H31N3O6/c2*1-18-24(27(32)36-3)26(21-11-7-12-22(15-21)31(34)35)25(19(2)29-18)28(33)37-23-13-8-14-30(17-23)16-20-9-5-4-6-10-20/h2*4-7,9-12,15,23,26,29H,8,13-14,16-17H2,1-3H3. The molecule has 2 fully saturated rings. The van der Waals surface area contributed by atoms with Gasteiger partial charge in [-0.05, 0) is 88.7 Å². The molecule has 0 aliphatic carbocycles. The molecular weight excluding hydrogens is 949 g/mol. The summed E-state index contributed by atoms with van der Waals surface area (Å²) in [6.07, 6.45) is 2.62. The third kappa shape index (κ3) is 13.0. The van der Waals surface area contributed by atoms with Gasteiger partial charge in [0.25, 0.3) is 11.4 Å². The summed E-state index contributed by atoms with van der Waals surface area (Å²) in [5.74, 6) is -4.09. The predicted molar refractivity (Wildman–Crippen MR) is 274 cm³/mol. The average Bonchev–Trinajstić information content (AvgIpc) is 3.38. The summed E-state index contributed by atoms with van der Waals surface area (Å²) in [7, 11) is 2.53. The molecule has 0 bridgehead atoms. The number of methoxy groups -OCH3 is 2. The van der Waals surface area contributed by atoms with E-state index in [1.807, 2.05) is 36.4 Å². The summed E-state index contributed by atoms with van der Waals surface area (Å²) in [6, 6.07) is 32.2. The first-order valence-electron chi connectivity index (χ1n) is 24.5. The molecule has 4 heterocycles. The molecule has 2 saturated heterocycles. The van der Waals surface area contributed by atoms with E-state index in [1.165, 1.54) is 49.6 Å². The smallest absolute Gasteiger partial charge is 0.337 e. The number of likely N-dealkylation sites (tertiary alicyclic amines) is 2. The summed E-state index contributed by atoms with van der Waals surface area (Å²) >= 11 is 0. The molecule has 388 valence electrons. The molecule has 4 atom stereocenters. The lowest BCUT2D eigenvalue weighted by molar-refractivity contribution is -0.385.